The molecule has 0 saturated carbocycles. The van der Waals surface area contributed by atoms with E-state index in [0.29, 0.717) is 5.65 Å². The van der Waals surface area contributed by atoms with Crippen molar-refractivity contribution in [2.24, 2.45) is 0 Å². The molecule has 2 amide bonds. The lowest BCUT2D eigenvalue weighted by atomic mass is 10.1. The third-order valence-electron chi connectivity index (χ3n) is 5.64. The Kier molecular flexibility index (Phi) is 6.38. The van der Waals surface area contributed by atoms with Crippen LogP contribution >= 0.6 is 0 Å². The summed E-state index contributed by atoms with van der Waals surface area (Å²) in [4.78, 5) is 47.1. The topological polar surface area (TPSA) is 187 Å². The van der Waals surface area contributed by atoms with E-state index in [1.807, 2.05) is 20.8 Å². The molecule has 0 radical (unpaired) electrons. The lowest BCUT2D eigenvalue weighted by Gasteiger charge is -2.24. The summed E-state index contributed by atoms with van der Waals surface area (Å²) in [5, 5.41) is 22.7. The van der Waals surface area contributed by atoms with Crippen LogP contribution in [-0.4, -0.2) is 77.8 Å². The van der Waals surface area contributed by atoms with E-state index in [0.717, 1.165) is 6.42 Å². The first-order chi connectivity index (χ1) is 16.1. The predicted octanol–water partition coefficient (Wildman–Crippen LogP) is 1.09. The van der Waals surface area contributed by atoms with E-state index in [1.165, 1.54) is 12.7 Å². The minimum absolute atomic E-state index is 0.0501. The summed E-state index contributed by atoms with van der Waals surface area (Å²) >= 11 is 0. The lowest BCUT2D eigenvalue weighted by Crippen LogP contribution is -2.43. The Morgan fingerprint density at radius 1 is 1.18 bits per heavy atom. The molecule has 4 N–H and O–H groups in total. The molecule has 0 bridgehead atoms. The Morgan fingerprint density at radius 3 is 2.59 bits per heavy atom. The maximum Gasteiger partial charge on any atom is 0.326 e. The molecule has 14 heteroatoms. The molecule has 0 aliphatic carbocycles. The van der Waals surface area contributed by atoms with Crippen LogP contribution in [0.15, 0.2) is 12.7 Å². The minimum atomic E-state index is -1.39. The van der Waals surface area contributed by atoms with Crippen molar-refractivity contribution in [2.45, 2.75) is 76.4 Å². The minimum Gasteiger partial charge on any atom is -0.481 e. The summed E-state index contributed by atoms with van der Waals surface area (Å²) in [6, 6.07) is -2.26. The van der Waals surface area contributed by atoms with Gasteiger partial charge in [-0.15, -0.1) is 0 Å². The van der Waals surface area contributed by atoms with E-state index in [-0.39, 0.29) is 30.0 Å². The number of carboxylic acid groups (broad SMARTS) is 2. The summed E-state index contributed by atoms with van der Waals surface area (Å²) in [7, 11) is 0. The number of fused-ring (bicyclic) bond motifs is 2. The van der Waals surface area contributed by atoms with Crippen molar-refractivity contribution in [1.29, 1.82) is 0 Å². The predicted molar refractivity (Wildman–Crippen MR) is 114 cm³/mol. The normalized spacial score (nSPS) is 26.2. The van der Waals surface area contributed by atoms with Crippen LogP contribution in [0.2, 0.25) is 0 Å². The number of nitrogens with one attached hydrogen (secondary N) is 2. The third kappa shape index (κ3) is 4.64. The maximum atomic E-state index is 12.4. The van der Waals surface area contributed by atoms with Gasteiger partial charge in [0.05, 0.1) is 12.4 Å². The van der Waals surface area contributed by atoms with Gasteiger partial charge in [0.15, 0.2) is 29.0 Å². The molecule has 2 aromatic heterocycles. The van der Waals surface area contributed by atoms with Crippen LogP contribution in [0.3, 0.4) is 0 Å². The van der Waals surface area contributed by atoms with E-state index in [9.17, 15) is 19.5 Å². The van der Waals surface area contributed by atoms with Gasteiger partial charge in [-0.1, -0.05) is 6.92 Å². The molecular weight excluding hydrogens is 452 g/mol. The number of aromatic nitrogens is 4. The zero-order valence-electron chi connectivity index (χ0n) is 18.8. The molecule has 2 aliphatic heterocycles. The van der Waals surface area contributed by atoms with Gasteiger partial charge in [0.2, 0.25) is 0 Å². The highest BCUT2D eigenvalue weighted by Gasteiger charge is 2.55. The van der Waals surface area contributed by atoms with Crippen molar-refractivity contribution in [3.05, 3.63) is 12.7 Å². The molecule has 2 aromatic rings. The summed E-state index contributed by atoms with van der Waals surface area (Å²) in [5.74, 6) is -3.23. The molecule has 5 atom stereocenters. The van der Waals surface area contributed by atoms with Crippen LogP contribution in [0, 0.1) is 0 Å². The number of aliphatic carboxylic acids is 2. The molecule has 184 valence electrons. The number of hydrogen-bond acceptors (Lipinski definition) is 9. The van der Waals surface area contributed by atoms with Gasteiger partial charge in [0.1, 0.15) is 24.6 Å². The monoisotopic (exact) mass is 478 g/mol. The van der Waals surface area contributed by atoms with Gasteiger partial charge in [0, 0.05) is 6.42 Å². The number of amides is 2. The van der Waals surface area contributed by atoms with Crippen molar-refractivity contribution in [3.63, 3.8) is 0 Å². The van der Waals surface area contributed by atoms with Gasteiger partial charge in [-0.2, -0.15) is 0 Å². The summed E-state index contributed by atoms with van der Waals surface area (Å²) in [6.07, 6.45) is 1.37. The van der Waals surface area contributed by atoms with Crippen molar-refractivity contribution in [2.75, 3.05) is 5.32 Å². The van der Waals surface area contributed by atoms with Gasteiger partial charge in [-0.25, -0.2) is 24.5 Å². The number of carbonyl (C=O) groups is 3. The van der Waals surface area contributed by atoms with Gasteiger partial charge < -0.3 is 29.7 Å². The zero-order chi connectivity index (χ0) is 24.6. The molecule has 34 heavy (non-hydrogen) atoms. The highest BCUT2D eigenvalue weighted by molar-refractivity contribution is 5.97. The van der Waals surface area contributed by atoms with Crippen LogP contribution in [0.1, 0.15) is 46.3 Å². The quantitative estimate of drug-likeness (QED) is 0.425. The highest BCUT2D eigenvalue weighted by Crippen LogP contribution is 2.44. The number of ether oxygens (including phenoxy) is 3. The lowest BCUT2D eigenvalue weighted by molar-refractivity contribution is -0.196. The molecule has 2 fully saturated rings. The summed E-state index contributed by atoms with van der Waals surface area (Å²) in [6.45, 7) is 5.67. The molecule has 4 rings (SSSR count). The SMILES string of the molecule is CC[C@H]1O[C@@H](n2cnc3c(NC(=O)N[C@@H](CCC(=O)O)C(=O)O)ncnc32)[C@@H]2OC(C)(C)O[C@@H]21. The molecule has 2 aliphatic rings. The molecule has 0 aromatic carbocycles. The van der Waals surface area contributed by atoms with Crippen LogP contribution < -0.4 is 10.6 Å². The average molecular weight is 478 g/mol. The molecule has 0 unspecified atom stereocenters. The van der Waals surface area contributed by atoms with Gasteiger partial charge in [-0.3, -0.25) is 14.7 Å². The maximum absolute atomic E-state index is 12.4. The van der Waals surface area contributed by atoms with Crippen molar-refractivity contribution in [3.8, 4) is 0 Å². The van der Waals surface area contributed by atoms with Gasteiger partial charge >= 0.3 is 18.0 Å². The number of carbonyl (C=O) groups excluding carboxylic acids is 1. The summed E-state index contributed by atoms with van der Waals surface area (Å²) < 4.78 is 19.9. The Labute approximate surface area is 193 Å². The second kappa shape index (κ2) is 9.12. The highest BCUT2D eigenvalue weighted by atomic mass is 16.8. The molecule has 14 nitrogen and oxygen atoms in total. The Balaban J connectivity index is 1.54. The number of anilines is 1. The fourth-order valence-corrected chi connectivity index (χ4v) is 4.17. The zero-order valence-corrected chi connectivity index (χ0v) is 18.8. The number of imidazole rings is 1. The van der Waals surface area contributed by atoms with E-state index in [2.05, 4.69) is 25.6 Å². The fraction of sp³-hybridized carbons (Fsp3) is 0.600. The Morgan fingerprint density at radius 2 is 1.91 bits per heavy atom. The Bertz CT molecular complexity index is 1100. The van der Waals surface area contributed by atoms with Crippen LogP contribution in [0.5, 0.6) is 0 Å². The number of hydrogen-bond donors (Lipinski definition) is 4. The summed E-state index contributed by atoms with van der Waals surface area (Å²) in [5.41, 5.74) is 0.633. The largest absolute Gasteiger partial charge is 0.481 e. The second-order valence-electron chi connectivity index (χ2n) is 8.51. The van der Waals surface area contributed by atoms with E-state index in [4.69, 9.17) is 19.3 Å². The average Bonchev–Trinajstić information content (AvgIpc) is 3.41. The number of nitrogens with zero attached hydrogens (tertiary/aromatic N) is 4. The van der Waals surface area contributed by atoms with Crippen LogP contribution in [0.4, 0.5) is 10.6 Å². The van der Waals surface area contributed by atoms with Crippen LogP contribution in [-0.2, 0) is 23.8 Å². The van der Waals surface area contributed by atoms with E-state index in [1.54, 1.807) is 4.57 Å². The first-order valence-electron chi connectivity index (χ1n) is 10.8. The van der Waals surface area contributed by atoms with Crippen molar-refractivity contribution in [1.82, 2.24) is 24.8 Å². The van der Waals surface area contributed by atoms with E-state index >= 15 is 0 Å². The molecule has 0 spiro atoms. The third-order valence-corrected chi connectivity index (χ3v) is 5.64. The van der Waals surface area contributed by atoms with Gasteiger partial charge in [-0.05, 0) is 26.7 Å². The smallest absolute Gasteiger partial charge is 0.326 e. The fourth-order valence-electron chi connectivity index (χ4n) is 4.17. The first-order valence-corrected chi connectivity index (χ1v) is 10.8. The van der Waals surface area contributed by atoms with E-state index < -0.39 is 48.6 Å². The van der Waals surface area contributed by atoms with Crippen molar-refractivity contribution < 1.29 is 38.8 Å². The number of urea groups is 1. The number of carboxylic acids is 2. The molecular formula is C20H26N6O8. The van der Waals surface area contributed by atoms with Gasteiger partial charge in [0.25, 0.3) is 0 Å². The number of rotatable bonds is 8. The molecule has 2 saturated heterocycles. The van der Waals surface area contributed by atoms with Crippen molar-refractivity contribution >= 4 is 35.0 Å². The first kappa shape index (κ1) is 23.8. The molecule has 4 heterocycles. The second-order valence-corrected chi connectivity index (χ2v) is 8.51. The Hall–Kier alpha value is -3.36. The standard InChI is InChI=1S/C20H26N6O8/c1-4-10-13-14(34-20(2,3)33-13)17(32-10)26-8-23-12-15(21-7-22-16(12)26)25-19(31)24-9(18(29)30)5-6-11(27)28/h7-10,13-14,17H,4-6H2,1-3H3,(H,27,28)(H,29,30)(H2,21,22,24,25,31)/t9-,10+,13+,14+,17+/m0/s1. The van der Waals surface area contributed by atoms with Crippen LogP contribution in [0.25, 0.3) is 11.2 Å².